The van der Waals surface area contributed by atoms with Gasteiger partial charge in [-0.2, -0.15) is 0 Å². The highest BCUT2D eigenvalue weighted by atomic mass is 35.5. The second-order valence-corrected chi connectivity index (χ2v) is 21.9. The van der Waals surface area contributed by atoms with Gasteiger partial charge in [0, 0.05) is 41.7 Å². The van der Waals surface area contributed by atoms with E-state index in [0.717, 1.165) is 28.2 Å². The summed E-state index contributed by atoms with van der Waals surface area (Å²) in [7, 11) is 10.3. The van der Waals surface area contributed by atoms with Crippen molar-refractivity contribution < 1.29 is 66.1 Å². The van der Waals surface area contributed by atoms with Gasteiger partial charge in [0.2, 0.25) is 0 Å². The molecule has 3 amide bonds. The highest BCUT2D eigenvalue weighted by Gasteiger charge is 2.56. The summed E-state index contributed by atoms with van der Waals surface area (Å²) in [6, 6.07) is 26.2. The van der Waals surface area contributed by atoms with E-state index in [1.54, 1.807) is 51.8 Å². The fourth-order valence-electron chi connectivity index (χ4n) is 10.1. The molecule has 2 radical (unpaired) electrons. The zero-order valence-electron chi connectivity index (χ0n) is 44.2. The number of piperidine rings is 1. The topological polar surface area (TPSA) is 212 Å². The molecule has 2 aromatic heterocycles. The van der Waals surface area contributed by atoms with E-state index in [9.17, 15) is 19.2 Å². The number of oxime groups is 1. The van der Waals surface area contributed by atoms with Crippen LogP contribution >= 0.6 is 34.7 Å². The first-order valence-corrected chi connectivity index (χ1v) is 27.9. The average Bonchev–Trinajstić information content (AvgIpc) is 4.08. The van der Waals surface area contributed by atoms with Crippen molar-refractivity contribution in [1.82, 2.24) is 25.3 Å². The SMILES string of the molecule is [B]OC(=O)C1=C(C[N+]23CCC(CC2)N(C(=O)c2ccc(OCc4ccc(OC)cc4)c(OCc4ccc(OC)cc4)c2Cl)CC3)CS[C@@H]2[C@H](NC(=O)/C(=N\OCc3cc(OCc4ccc(OC)cc4)no3)c3csc(C)n3)C(=O)N12. The van der Waals surface area contributed by atoms with Gasteiger partial charge >= 0.3 is 14.0 Å². The van der Waals surface area contributed by atoms with Crippen molar-refractivity contribution in [2.45, 2.75) is 63.7 Å². The summed E-state index contributed by atoms with van der Waals surface area (Å²) in [6.45, 7) is 4.97. The van der Waals surface area contributed by atoms with Gasteiger partial charge in [0.25, 0.3) is 23.6 Å². The zero-order chi connectivity index (χ0) is 55.9. The Morgan fingerprint density at radius 2 is 1.46 bits per heavy atom. The van der Waals surface area contributed by atoms with E-state index in [2.05, 4.69) is 20.6 Å². The zero-order valence-corrected chi connectivity index (χ0v) is 46.6. The molecule has 0 spiro atoms. The lowest BCUT2D eigenvalue weighted by Gasteiger charge is -2.50. The van der Waals surface area contributed by atoms with Gasteiger partial charge in [0.1, 0.15) is 66.4 Å². The number of nitrogens with one attached hydrogen (secondary N) is 1. The number of β-lactam (4-membered cyclic amide) rings is 1. The van der Waals surface area contributed by atoms with Gasteiger partial charge in [-0.05, 0) is 77.3 Å². The molecule has 414 valence electrons. The number of benzene rings is 4. The molecule has 1 N–H and O–H groups in total. The molecule has 7 heterocycles. The van der Waals surface area contributed by atoms with Crippen LogP contribution in [0.4, 0.5) is 0 Å². The number of amides is 3. The number of halogens is 1. The molecule has 5 aliphatic rings. The summed E-state index contributed by atoms with van der Waals surface area (Å²) in [5.74, 6) is 1.27. The third kappa shape index (κ3) is 12.2. The molecule has 4 aromatic carbocycles. The fourth-order valence-corrected chi connectivity index (χ4v) is 12.3. The Balaban J connectivity index is 0.802. The van der Waals surface area contributed by atoms with Gasteiger partial charge in [-0.25, -0.2) is 9.78 Å². The Morgan fingerprint density at radius 3 is 2.06 bits per heavy atom. The molecule has 5 aliphatic heterocycles. The smallest absolute Gasteiger partial charge is 0.378 e. The molecular formula is C56H56BClN7O13S2+. The number of fused-ring (bicyclic) bond motifs is 5. The summed E-state index contributed by atoms with van der Waals surface area (Å²) >= 11 is 9.90. The van der Waals surface area contributed by atoms with Crippen molar-refractivity contribution in [3.63, 3.8) is 0 Å². The number of nitrogens with zero attached hydrogens (tertiary/aromatic N) is 6. The van der Waals surface area contributed by atoms with E-state index >= 15 is 0 Å². The van der Waals surface area contributed by atoms with Crippen LogP contribution in [0, 0.1) is 6.92 Å². The van der Waals surface area contributed by atoms with Crippen LogP contribution in [-0.2, 0) is 50.3 Å². The minimum absolute atomic E-state index is 0.0496. The van der Waals surface area contributed by atoms with Crippen molar-refractivity contribution in [3.05, 3.63) is 151 Å². The van der Waals surface area contributed by atoms with Crippen molar-refractivity contribution in [2.75, 3.05) is 59.8 Å². The molecule has 0 unspecified atom stereocenters. The van der Waals surface area contributed by atoms with E-state index in [4.69, 9.17) is 62.1 Å². The number of quaternary nitrogens is 1. The quantitative estimate of drug-likeness (QED) is 0.0234. The molecule has 0 aliphatic carbocycles. The maximum Gasteiger partial charge on any atom is 0.378 e. The minimum Gasteiger partial charge on any atom is -0.539 e. The number of carbonyl (C=O) groups is 4. The van der Waals surface area contributed by atoms with Gasteiger partial charge in [-0.15, -0.1) is 23.1 Å². The van der Waals surface area contributed by atoms with Crippen LogP contribution in [0.25, 0.3) is 0 Å². The molecule has 80 heavy (non-hydrogen) atoms. The molecule has 20 nitrogen and oxygen atoms in total. The fraction of sp³-hybridized carbons (Fsp3) is 0.339. The van der Waals surface area contributed by atoms with Gasteiger partial charge < -0.3 is 57.1 Å². The summed E-state index contributed by atoms with van der Waals surface area (Å²) in [4.78, 5) is 69.8. The van der Waals surface area contributed by atoms with Gasteiger partial charge in [-0.3, -0.25) is 19.3 Å². The molecule has 24 heteroatoms. The predicted molar refractivity (Wildman–Crippen MR) is 296 cm³/mol. The maximum absolute atomic E-state index is 14.7. The highest BCUT2D eigenvalue weighted by Crippen LogP contribution is 2.44. The number of thiazole rings is 1. The van der Waals surface area contributed by atoms with Crippen molar-refractivity contribution in [3.8, 4) is 34.6 Å². The standard InChI is InChI=1S/C56H55BClN7O13S2/c1-33-59-44(32-79-33)48(62-76-30-42-25-46(61-78-42)74-28-35-7-13-40(71-3)14-8-35)52(66)60-49-54(68)64-50(56(69)77-57)37(31-80-55(49)64)26-65-22-19-38(20-23-65)63(21-24-65)53(67)43-17-18-45(73-27-34-5-11-39(70-2)12-6-34)51(47(43)58)75-29-36-9-15-41(72-4)16-10-36/h5-18,25,32,38,49,55H,19-24,26-31H2,1-4H3/p+1/b62-48-/t38?,49-,55-,65?/m1/s1. The van der Waals surface area contributed by atoms with Crippen molar-refractivity contribution in [1.29, 1.82) is 0 Å². The van der Waals surface area contributed by atoms with Crippen molar-refractivity contribution >= 4 is 72.2 Å². The average molecular weight is 1150 g/mol. The van der Waals surface area contributed by atoms with Gasteiger partial charge in [0.15, 0.2) is 29.6 Å². The van der Waals surface area contributed by atoms with Crippen LogP contribution in [0.15, 0.2) is 117 Å². The molecular weight excluding hydrogens is 1090 g/mol. The largest absolute Gasteiger partial charge is 0.539 e. The monoisotopic (exact) mass is 1140 g/mol. The third-order valence-electron chi connectivity index (χ3n) is 14.5. The minimum atomic E-state index is -1.03. The number of aryl methyl sites for hydroxylation is 1. The molecule has 6 aromatic rings. The van der Waals surface area contributed by atoms with Gasteiger partial charge in [-0.1, -0.05) is 53.2 Å². The summed E-state index contributed by atoms with van der Waals surface area (Å²) in [5.41, 5.74) is 3.72. The first-order chi connectivity index (χ1) is 38.9. The number of aromatic nitrogens is 2. The molecule has 0 saturated carbocycles. The number of carbonyl (C=O) groups excluding carboxylic acids is 4. The van der Waals surface area contributed by atoms with E-state index in [-0.39, 0.29) is 83.5 Å². The number of ether oxygens (including phenoxy) is 6. The lowest BCUT2D eigenvalue weighted by Crippen LogP contribution is -2.71. The maximum atomic E-state index is 14.7. The number of methoxy groups -OCH3 is 3. The number of hydrogen-bond donors (Lipinski definition) is 1. The first-order valence-electron chi connectivity index (χ1n) is 25.6. The molecule has 4 saturated heterocycles. The Morgan fingerprint density at radius 1 is 0.838 bits per heavy atom. The molecule has 2 bridgehead atoms. The molecule has 4 fully saturated rings. The molecule has 11 rings (SSSR count). The number of rotatable bonds is 22. The van der Waals surface area contributed by atoms with Crippen molar-refractivity contribution in [2.24, 2.45) is 5.16 Å². The first kappa shape index (κ1) is 55.6. The Hall–Kier alpha value is -7.73. The lowest BCUT2D eigenvalue weighted by atomic mass is 9.99. The Labute approximate surface area is 475 Å². The Bertz CT molecular complexity index is 3300. The van der Waals surface area contributed by atoms with E-state index in [0.29, 0.717) is 77.9 Å². The van der Waals surface area contributed by atoms with E-state index in [1.807, 2.05) is 77.7 Å². The third-order valence-corrected chi connectivity index (χ3v) is 16.9. The highest BCUT2D eigenvalue weighted by molar-refractivity contribution is 8.00. The van der Waals surface area contributed by atoms with Gasteiger partial charge in [0.05, 0.1) is 63.1 Å². The van der Waals surface area contributed by atoms with Crippen LogP contribution in [0.5, 0.6) is 34.6 Å². The molecule has 2 atom stereocenters. The Kier molecular flexibility index (Phi) is 17.2. The van der Waals surface area contributed by atoms with Crippen LogP contribution in [0.3, 0.4) is 0 Å². The predicted octanol–water partition coefficient (Wildman–Crippen LogP) is 7.19. The van der Waals surface area contributed by atoms with Crippen LogP contribution in [0.2, 0.25) is 5.02 Å². The lowest BCUT2D eigenvalue weighted by molar-refractivity contribution is -0.924. The second-order valence-electron chi connectivity index (χ2n) is 19.4. The number of hydrogen-bond acceptors (Lipinski definition) is 18. The number of thioether (sulfide) groups is 1. The van der Waals surface area contributed by atoms with Crippen LogP contribution in [-0.4, -0.2) is 139 Å². The summed E-state index contributed by atoms with van der Waals surface area (Å²) in [6.07, 6.45) is 1.38. The summed E-state index contributed by atoms with van der Waals surface area (Å²) < 4.78 is 45.0. The normalized spacial score (nSPS) is 19.5. The second kappa shape index (κ2) is 24.7. The summed E-state index contributed by atoms with van der Waals surface area (Å²) in [5, 5.41) is 12.7. The van der Waals surface area contributed by atoms with E-state index in [1.165, 1.54) is 28.0 Å². The van der Waals surface area contributed by atoms with Crippen LogP contribution in [0.1, 0.15) is 56.4 Å². The van der Waals surface area contributed by atoms with E-state index < -0.39 is 29.2 Å². The van der Waals surface area contributed by atoms with Crippen LogP contribution < -0.4 is 33.7 Å².